The molecule has 1 aliphatic carbocycles. The predicted molar refractivity (Wildman–Crippen MR) is 142 cm³/mol. The van der Waals surface area contributed by atoms with Gasteiger partial charge in [0.15, 0.2) is 5.16 Å². The van der Waals surface area contributed by atoms with Gasteiger partial charge in [-0.2, -0.15) is 0 Å². The van der Waals surface area contributed by atoms with Crippen molar-refractivity contribution in [2.24, 2.45) is 5.92 Å². The summed E-state index contributed by atoms with van der Waals surface area (Å²) in [6.07, 6.45) is 3.03. The average molecular weight is 490 g/mol. The van der Waals surface area contributed by atoms with Crippen LogP contribution in [0.1, 0.15) is 30.7 Å². The van der Waals surface area contributed by atoms with Crippen LogP contribution in [-0.4, -0.2) is 27.8 Å². The molecule has 1 atom stereocenters. The fourth-order valence-electron chi connectivity index (χ4n) is 4.59. The highest BCUT2D eigenvalue weighted by Gasteiger charge is 2.25. The van der Waals surface area contributed by atoms with Gasteiger partial charge >= 0.3 is 0 Å². The number of thiophene rings is 1. The number of carbonyl (C=O) groups excluding carboxylic acids is 1. The maximum Gasteiger partial charge on any atom is 0.267 e. The normalized spacial score (nSPS) is 15.3. The number of rotatable bonds is 6. The summed E-state index contributed by atoms with van der Waals surface area (Å²) in [5.41, 5.74) is 2.79. The summed E-state index contributed by atoms with van der Waals surface area (Å²) >= 11 is 2.98. The number of aromatic nitrogens is 2. The number of fused-ring (bicyclic) bond motifs is 3. The zero-order valence-electron chi connectivity index (χ0n) is 19.4. The molecule has 1 unspecified atom stereocenters. The molecule has 5 rings (SSSR count). The Morgan fingerprint density at radius 3 is 2.56 bits per heavy atom. The van der Waals surface area contributed by atoms with E-state index in [2.05, 4.69) is 6.92 Å². The van der Waals surface area contributed by atoms with Crippen LogP contribution < -0.4 is 10.5 Å². The van der Waals surface area contributed by atoms with E-state index < -0.39 is 0 Å². The summed E-state index contributed by atoms with van der Waals surface area (Å²) in [4.78, 5) is 35.8. The minimum Gasteiger partial charge on any atom is -0.312 e. The van der Waals surface area contributed by atoms with Gasteiger partial charge in [0.25, 0.3) is 5.56 Å². The molecular formula is C27H27N3O2S2. The second-order valence-electron chi connectivity index (χ2n) is 8.66. The lowest BCUT2D eigenvalue weighted by Crippen LogP contribution is -2.32. The lowest BCUT2D eigenvalue weighted by molar-refractivity contribution is -0.116. The molecule has 1 amide bonds. The van der Waals surface area contributed by atoms with Crippen molar-refractivity contribution in [2.45, 2.75) is 38.3 Å². The largest absolute Gasteiger partial charge is 0.312 e. The molecule has 7 heteroatoms. The standard InChI is InChI=1S/C27H27N3O2S2/c1-3-29(19-10-6-4-7-11-19)23(31)17-33-27-28-25-24(21-15-14-18(2)16-22(21)34-25)26(32)30(27)20-12-8-5-9-13-20/h4-13,18H,3,14-17H2,1-2H3. The van der Waals surface area contributed by atoms with Gasteiger partial charge in [0.1, 0.15) is 4.83 Å². The Bertz CT molecular complexity index is 1380. The van der Waals surface area contributed by atoms with E-state index >= 15 is 0 Å². The Labute approximate surface area is 207 Å². The third kappa shape index (κ3) is 4.30. The minimum atomic E-state index is -0.0337. The van der Waals surface area contributed by atoms with Crippen LogP contribution >= 0.6 is 23.1 Å². The van der Waals surface area contributed by atoms with E-state index in [9.17, 15) is 9.59 Å². The molecule has 0 bridgehead atoms. The SMILES string of the molecule is CCN(C(=O)CSc1nc2sc3c(c2c(=O)n1-c1ccccc1)CCC(C)C3)c1ccccc1. The first-order valence-corrected chi connectivity index (χ1v) is 13.5. The van der Waals surface area contributed by atoms with E-state index in [0.717, 1.165) is 40.9 Å². The topological polar surface area (TPSA) is 55.2 Å². The Kier molecular flexibility index (Phi) is 6.57. The summed E-state index contributed by atoms with van der Waals surface area (Å²) in [5.74, 6) is 0.823. The van der Waals surface area contributed by atoms with E-state index in [1.807, 2.05) is 67.6 Å². The third-order valence-corrected chi connectivity index (χ3v) is 8.39. The van der Waals surface area contributed by atoms with Gasteiger partial charge in [-0.3, -0.25) is 14.2 Å². The quantitative estimate of drug-likeness (QED) is 0.257. The molecule has 1 aliphatic rings. The van der Waals surface area contributed by atoms with Gasteiger partial charge in [-0.25, -0.2) is 4.98 Å². The number of para-hydroxylation sites is 2. The van der Waals surface area contributed by atoms with E-state index in [1.165, 1.54) is 22.2 Å². The van der Waals surface area contributed by atoms with Gasteiger partial charge in [-0.05, 0) is 61.9 Å². The summed E-state index contributed by atoms with van der Waals surface area (Å²) in [5, 5.41) is 1.32. The fourth-order valence-corrected chi connectivity index (χ4v) is 6.90. The maximum absolute atomic E-state index is 13.8. The molecule has 0 fully saturated rings. The number of anilines is 1. The third-order valence-electron chi connectivity index (χ3n) is 6.32. The molecule has 2 aromatic carbocycles. The number of benzene rings is 2. The zero-order chi connectivity index (χ0) is 23.7. The molecule has 0 radical (unpaired) electrons. The van der Waals surface area contributed by atoms with Crippen molar-refractivity contribution in [3.63, 3.8) is 0 Å². The Morgan fingerprint density at radius 1 is 1.15 bits per heavy atom. The van der Waals surface area contributed by atoms with Crippen molar-refractivity contribution in [1.29, 1.82) is 0 Å². The van der Waals surface area contributed by atoms with Crippen LogP contribution in [0.2, 0.25) is 0 Å². The van der Waals surface area contributed by atoms with Crippen molar-refractivity contribution < 1.29 is 4.79 Å². The van der Waals surface area contributed by atoms with Crippen molar-refractivity contribution in [3.8, 4) is 5.69 Å². The van der Waals surface area contributed by atoms with Crippen LogP contribution in [0.15, 0.2) is 70.6 Å². The van der Waals surface area contributed by atoms with Crippen LogP contribution in [0.3, 0.4) is 0 Å². The summed E-state index contributed by atoms with van der Waals surface area (Å²) in [6.45, 7) is 4.82. The zero-order valence-corrected chi connectivity index (χ0v) is 21.0. The van der Waals surface area contributed by atoms with Crippen LogP contribution in [-0.2, 0) is 17.6 Å². The van der Waals surface area contributed by atoms with E-state index in [-0.39, 0.29) is 17.2 Å². The number of hydrogen-bond acceptors (Lipinski definition) is 5. The molecule has 0 aliphatic heterocycles. The van der Waals surface area contributed by atoms with Gasteiger partial charge in [0.05, 0.1) is 16.8 Å². The van der Waals surface area contributed by atoms with Crippen molar-refractivity contribution in [3.05, 3.63) is 81.5 Å². The molecule has 4 aromatic rings. The highest BCUT2D eigenvalue weighted by molar-refractivity contribution is 7.99. The van der Waals surface area contributed by atoms with Crippen LogP contribution in [0.5, 0.6) is 0 Å². The number of nitrogens with zero attached hydrogens (tertiary/aromatic N) is 3. The minimum absolute atomic E-state index is 0.00745. The molecule has 0 saturated heterocycles. The van der Waals surface area contributed by atoms with E-state index in [1.54, 1.807) is 20.8 Å². The van der Waals surface area contributed by atoms with Gasteiger partial charge in [0, 0.05) is 17.1 Å². The molecule has 0 saturated carbocycles. The number of aryl methyl sites for hydroxylation is 1. The number of hydrogen-bond donors (Lipinski definition) is 0. The number of amides is 1. The smallest absolute Gasteiger partial charge is 0.267 e. The molecule has 34 heavy (non-hydrogen) atoms. The van der Waals surface area contributed by atoms with Crippen molar-refractivity contribution in [2.75, 3.05) is 17.2 Å². The van der Waals surface area contributed by atoms with E-state index in [0.29, 0.717) is 17.6 Å². The lowest BCUT2D eigenvalue weighted by Gasteiger charge is -2.21. The van der Waals surface area contributed by atoms with Crippen molar-refractivity contribution >= 4 is 44.9 Å². The van der Waals surface area contributed by atoms with Crippen LogP contribution in [0, 0.1) is 5.92 Å². The van der Waals surface area contributed by atoms with Gasteiger partial charge in [0.2, 0.25) is 5.91 Å². The average Bonchev–Trinajstić information content (AvgIpc) is 3.22. The molecule has 2 heterocycles. The van der Waals surface area contributed by atoms with E-state index in [4.69, 9.17) is 4.98 Å². The summed E-state index contributed by atoms with van der Waals surface area (Å²) < 4.78 is 1.68. The van der Waals surface area contributed by atoms with Gasteiger partial charge < -0.3 is 4.90 Å². The van der Waals surface area contributed by atoms with Crippen molar-refractivity contribution in [1.82, 2.24) is 9.55 Å². The molecular weight excluding hydrogens is 462 g/mol. The maximum atomic E-state index is 13.8. The first-order valence-electron chi connectivity index (χ1n) is 11.7. The van der Waals surface area contributed by atoms with Crippen LogP contribution in [0.4, 0.5) is 5.69 Å². The summed E-state index contributed by atoms with van der Waals surface area (Å²) in [7, 11) is 0. The Morgan fingerprint density at radius 2 is 1.85 bits per heavy atom. The molecule has 0 N–H and O–H groups in total. The van der Waals surface area contributed by atoms with Gasteiger partial charge in [-0.15, -0.1) is 11.3 Å². The second-order valence-corrected chi connectivity index (χ2v) is 10.7. The first-order chi connectivity index (χ1) is 16.6. The number of thioether (sulfide) groups is 1. The van der Waals surface area contributed by atoms with Gasteiger partial charge in [-0.1, -0.05) is 55.1 Å². The summed E-state index contributed by atoms with van der Waals surface area (Å²) in [6, 6.07) is 19.3. The molecule has 2 aromatic heterocycles. The Hall–Kier alpha value is -2.90. The lowest BCUT2D eigenvalue weighted by atomic mass is 9.89. The monoisotopic (exact) mass is 489 g/mol. The highest BCUT2D eigenvalue weighted by atomic mass is 32.2. The fraction of sp³-hybridized carbons (Fsp3) is 0.296. The predicted octanol–water partition coefficient (Wildman–Crippen LogP) is 5.72. The highest BCUT2D eigenvalue weighted by Crippen LogP contribution is 2.37. The molecule has 5 nitrogen and oxygen atoms in total. The molecule has 174 valence electrons. The second kappa shape index (κ2) is 9.76. The number of carbonyl (C=O) groups is 1. The Balaban J connectivity index is 1.55. The first kappa shape index (κ1) is 22.9. The molecule has 0 spiro atoms. The van der Waals surface area contributed by atoms with Crippen LogP contribution in [0.25, 0.3) is 15.9 Å².